The van der Waals surface area contributed by atoms with Crippen LogP contribution < -0.4 is 14.8 Å². The van der Waals surface area contributed by atoms with Crippen molar-refractivity contribution < 1.29 is 17.9 Å². The lowest BCUT2D eigenvalue weighted by atomic mass is 10.1. The number of amides is 1. The van der Waals surface area contributed by atoms with E-state index in [0.717, 1.165) is 12.0 Å². The molecule has 1 amide bonds. The lowest BCUT2D eigenvalue weighted by Gasteiger charge is -2.22. The molecule has 1 heterocycles. The molecular weight excluding hydrogens is 280 g/mol. The number of carbonyl (C=O) groups excluding carboxylic acids is 1. The van der Waals surface area contributed by atoms with E-state index in [2.05, 4.69) is 10.0 Å². The third-order valence-electron chi connectivity index (χ3n) is 2.89. The van der Waals surface area contributed by atoms with Crippen molar-refractivity contribution in [3.63, 3.8) is 0 Å². The summed E-state index contributed by atoms with van der Waals surface area (Å²) in [5.74, 6) is 0.191. The molecule has 0 saturated carbocycles. The first-order valence-corrected chi connectivity index (χ1v) is 8.14. The average molecular weight is 298 g/mol. The molecule has 2 N–H and O–H groups in total. The summed E-state index contributed by atoms with van der Waals surface area (Å²) in [5.41, 5.74) is 1.70. The van der Waals surface area contributed by atoms with Crippen molar-refractivity contribution in [1.82, 2.24) is 0 Å². The van der Waals surface area contributed by atoms with E-state index in [1.165, 1.54) is 0 Å². The summed E-state index contributed by atoms with van der Waals surface area (Å²) in [6.07, 6.45) is 1.40. The van der Waals surface area contributed by atoms with Gasteiger partial charge in [-0.25, -0.2) is 8.42 Å². The summed E-state index contributed by atoms with van der Waals surface area (Å²) in [5, 5.41) is 2.67. The molecule has 0 aromatic heterocycles. The molecule has 20 heavy (non-hydrogen) atoms. The summed E-state index contributed by atoms with van der Waals surface area (Å²) in [7, 11) is -3.40. The zero-order chi connectivity index (χ0) is 14.8. The van der Waals surface area contributed by atoms with Crippen molar-refractivity contribution in [2.45, 2.75) is 26.7 Å². The maximum absolute atomic E-state index is 12.0. The van der Waals surface area contributed by atoms with E-state index in [-0.39, 0.29) is 18.3 Å². The molecule has 7 heteroatoms. The van der Waals surface area contributed by atoms with E-state index in [9.17, 15) is 13.2 Å². The molecule has 0 aliphatic carbocycles. The number of ether oxygens (including phenoxy) is 1. The van der Waals surface area contributed by atoms with Crippen LogP contribution in [0.1, 0.15) is 25.3 Å². The zero-order valence-corrected chi connectivity index (χ0v) is 12.3. The highest BCUT2D eigenvalue weighted by atomic mass is 32.2. The molecule has 0 atom stereocenters. The fourth-order valence-corrected chi connectivity index (χ4v) is 3.23. The van der Waals surface area contributed by atoms with Crippen LogP contribution in [-0.2, 0) is 14.8 Å². The Bertz CT molecular complexity index is 626. The molecule has 1 aromatic carbocycles. The Morgan fingerprint density at radius 2 is 2.15 bits per heavy atom. The minimum Gasteiger partial charge on any atom is -0.479 e. The summed E-state index contributed by atoms with van der Waals surface area (Å²) in [6, 6.07) is 3.44. The van der Waals surface area contributed by atoms with Crippen molar-refractivity contribution in [2.24, 2.45) is 0 Å². The monoisotopic (exact) mass is 298 g/mol. The Labute approximate surface area is 118 Å². The van der Waals surface area contributed by atoms with Crippen molar-refractivity contribution in [1.29, 1.82) is 0 Å². The second kappa shape index (κ2) is 5.70. The van der Waals surface area contributed by atoms with Crippen LogP contribution in [0, 0.1) is 6.92 Å². The number of sulfonamides is 1. The SMILES string of the molecule is CCCCS(=O)(=O)Nc1cc(C)cc2c1OCC(=O)N2. The molecule has 0 bridgehead atoms. The molecule has 1 aliphatic rings. The van der Waals surface area contributed by atoms with Crippen LogP contribution in [0.25, 0.3) is 0 Å². The Hall–Kier alpha value is -1.76. The molecule has 110 valence electrons. The van der Waals surface area contributed by atoms with Gasteiger partial charge in [0.25, 0.3) is 5.91 Å². The van der Waals surface area contributed by atoms with Gasteiger partial charge in [-0.05, 0) is 31.0 Å². The molecule has 1 aromatic rings. The van der Waals surface area contributed by atoms with Crippen molar-refractivity contribution in [2.75, 3.05) is 22.4 Å². The first-order valence-electron chi connectivity index (χ1n) is 6.49. The molecule has 1 aliphatic heterocycles. The van der Waals surface area contributed by atoms with Gasteiger partial charge in [-0.15, -0.1) is 0 Å². The second-order valence-electron chi connectivity index (χ2n) is 4.80. The third kappa shape index (κ3) is 3.41. The van der Waals surface area contributed by atoms with Crippen LogP contribution in [-0.4, -0.2) is 26.7 Å². The number of carbonyl (C=O) groups is 1. The summed E-state index contributed by atoms with van der Waals surface area (Å²) in [6.45, 7) is 3.65. The highest BCUT2D eigenvalue weighted by Gasteiger charge is 2.22. The Morgan fingerprint density at radius 1 is 1.40 bits per heavy atom. The quantitative estimate of drug-likeness (QED) is 0.869. The van der Waals surface area contributed by atoms with Crippen molar-refractivity contribution in [3.8, 4) is 5.75 Å². The summed E-state index contributed by atoms with van der Waals surface area (Å²) in [4.78, 5) is 11.3. The Balaban J connectivity index is 2.30. The number of hydrogen-bond acceptors (Lipinski definition) is 4. The van der Waals surface area contributed by atoms with Gasteiger partial charge >= 0.3 is 0 Å². The molecule has 0 saturated heterocycles. The molecule has 0 unspecified atom stereocenters. The number of fused-ring (bicyclic) bond motifs is 1. The van der Waals surface area contributed by atoms with Gasteiger partial charge in [0.05, 0.1) is 17.1 Å². The van der Waals surface area contributed by atoms with Gasteiger partial charge in [-0.1, -0.05) is 13.3 Å². The largest absolute Gasteiger partial charge is 0.479 e. The molecule has 0 radical (unpaired) electrons. The first kappa shape index (κ1) is 14.6. The van der Waals surface area contributed by atoms with Crippen LogP contribution >= 0.6 is 0 Å². The van der Waals surface area contributed by atoms with Gasteiger partial charge in [0.15, 0.2) is 12.4 Å². The molecule has 0 fully saturated rings. The average Bonchev–Trinajstić information content (AvgIpc) is 2.35. The van der Waals surface area contributed by atoms with E-state index in [4.69, 9.17) is 4.74 Å². The Kier molecular flexibility index (Phi) is 4.17. The fourth-order valence-electron chi connectivity index (χ4n) is 1.97. The van der Waals surface area contributed by atoms with E-state index >= 15 is 0 Å². The van der Waals surface area contributed by atoms with Crippen LogP contribution in [0.5, 0.6) is 5.75 Å². The van der Waals surface area contributed by atoms with Gasteiger partial charge in [0, 0.05) is 0 Å². The number of rotatable bonds is 5. The third-order valence-corrected chi connectivity index (χ3v) is 4.24. The highest BCUT2D eigenvalue weighted by Crippen LogP contribution is 2.37. The maximum atomic E-state index is 12.0. The number of unbranched alkanes of at least 4 members (excludes halogenated alkanes) is 1. The van der Waals surface area contributed by atoms with Crippen LogP contribution in [0.2, 0.25) is 0 Å². The number of nitrogens with one attached hydrogen (secondary N) is 2. The smallest absolute Gasteiger partial charge is 0.262 e. The van der Waals surface area contributed by atoms with E-state index in [1.54, 1.807) is 12.1 Å². The highest BCUT2D eigenvalue weighted by molar-refractivity contribution is 7.92. The fraction of sp³-hybridized carbons (Fsp3) is 0.462. The minimum atomic E-state index is -3.40. The lowest BCUT2D eigenvalue weighted by Crippen LogP contribution is -2.27. The number of anilines is 2. The van der Waals surface area contributed by atoms with Gasteiger partial charge in [0.1, 0.15) is 0 Å². The predicted molar refractivity (Wildman–Crippen MR) is 77.6 cm³/mol. The topological polar surface area (TPSA) is 84.5 Å². The summed E-state index contributed by atoms with van der Waals surface area (Å²) >= 11 is 0. The first-order chi connectivity index (χ1) is 9.41. The van der Waals surface area contributed by atoms with Crippen LogP contribution in [0.15, 0.2) is 12.1 Å². The molecular formula is C13H18N2O4S. The van der Waals surface area contributed by atoms with Gasteiger partial charge in [-0.3, -0.25) is 9.52 Å². The Morgan fingerprint density at radius 3 is 2.85 bits per heavy atom. The van der Waals surface area contributed by atoms with Crippen molar-refractivity contribution in [3.05, 3.63) is 17.7 Å². The lowest BCUT2D eigenvalue weighted by molar-refractivity contribution is -0.118. The van der Waals surface area contributed by atoms with Crippen LogP contribution in [0.4, 0.5) is 11.4 Å². The number of hydrogen-bond donors (Lipinski definition) is 2. The molecule has 2 rings (SSSR count). The van der Waals surface area contributed by atoms with E-state index in [1.807, 2.05) is 13.8 Å². The number of aryl methyl sites for hydroxylation is 1. The van der Waals surface area contributed by atoms with E-state index < -0.39 is 10.0 Å². The maximum Gasteiger partial charge on any atom is 0.262 e. The standard InChI is InChI=1S/C13H18N2O4S/c1-3-4-5-20(17,18)15-11-7-9(2)6-10-13(11)19-8-12(16)14-10/h6-7,15H,3-5,8H2,1-2H3,(H,14,16). The van der Waals surface area contributed by atoms with Crippen LogP contribution in [0.3, 0.4) is 0 Å². The molecule has 0 spiro atoms. The number of benzene rings is 1. The van der Waals surface area contributed by atoms with Gasteiger partial charge in [-0.2, -0.15) is 0 Å². The molecule has 6 nitrogen and oxygen atoms in total. The summed E-state index contributed by atoms with van der Waals surface area (Å²) < 4.78 is 31.8. The minimum absolute atomic E-state index is 0.0680. The zero-order valence-electron chi connectivity index (χ0n) is 11.5. The van der Waals surface area contributed by atoms with E-state index in [0.29, 0.717) is 23.5 Å². The second-order valence-corrected chi connectivity index (χ2v) is 6.64. The van der Waals surface area contributed by atoms with Gasteiger partial charge < -0.3 is 10.1 Å². The predicted octanol–water partition coefficient (Wildman–Crippen LogP) is 1.87. The van der Waals surface area contributed by atoms with Crippen molar-refractivity contribution >= 4 is 27.3 Å². The van der Waals surface area contributed by atoms with Gasteiger partial charge in [0.2, 0.25) is 10.0 Å². The normalized spacial score (nSPS) is 14.2.